The number of likely N-dealkylation sites (N-methyl/N-ethyl adjacent to an activating group) is 1. The van der Waals surface area contributed by atoms with Crippen molar-refractivity contribution in [2.24, 2.45) is 0 Å². The van der Waals surface area contributed by atoms with Gasteiger partial charge < -0.3 is 27.9 Å². The summed E-state index contributed by atoms with van der Waals surface area (Å²) in [5.41, 5.74) is 0. The third-order valence-electron chi connectivity index (χ3n) is 17.4. The SMILES string of the molecule is CC/C=C\C/C=C\C/C=C\C/C=C\C/C=C\C/C=C\C/C=C\C/C=C\CCCCCCCCCCC(=O)OC(COC(=O)CCCCCCCCCCCCCCCCCCCCCCCCCCCCCCCCCCCCCC)COP(=O)([O-])OCC[N+](C)(C)C. The molecular weight excluding hydrogens is 1170 g/mol. The first-order chi connectivity index (χ1) is 45.5. The fourth-order valence-corrected chi connectivity index (χ4v) is 12.1. The van der Waals surface area contributed by atoms with Crippen molar-refractivity contribution < 1.29 is 42.1 Å². The van der Waals surface area contributed by atoms with Crippen LogP contribution in [0.25, 0.3) is 0 Å². The largest absolute Gasteiger partial charge is 0.756 e. The first-order valence-electron chi connectivity index (χ1n) is 39.4. The maximum atomic E-state index is 12.9. The fourth-order valence-electron chi connectivity index (χ4n) is 11.4. The Morgan fingerprint density at radius 2 is 0.613 bits per heavy atom. The Hall–Kier alpha value is -3.07. The number of hydrogen-bond donors (Lipinski definition) is 0. The summed E-state index contributed by atoms with van der Waals surface area (Å²) in [7, 11) is 1.16. The smallest absolute Gasteiger partial charge is 0.306 e. The Kier molecular flexibility index (Phi) is 70.8. The molecule has 0 radical (unpaired) electrons. The van der Waals surface area contributed by atoms with Crippen molar-refractivity contribution in [2.75, 3.05) is 47.5 Å². The first kappa shape index (κ1) is 89.9. The maximum absolute atomic E-state index is 12.9. The van der Waals surface area contributed by atoms with Gasteiger partial charge in [0.2, 0.25) is 0 Å². The van der Waals surface area contributed by atoms with E-state index in [0.717, 1.165) is 96.3 Å². The van der Waals surface area contributed by atoms with E-state index >= 15 is 0 Å². The number of hydrogen-bond acceptors (Lipinski definition) is 8. The summed E-state index contributed by atoms with van der Waals surface area (Å²) >= 11 is 0. The lowest BCUT2D eigenvalue weighted by Crippen LogP contribution is -2.37. The number of phosphoric acid groups is 1. The molecule has 0 aliphatic rings. The van der Waals surface area contributed by atoms with Crippen LogP contribution in [0.2, 0.25) is 0 Å². The highest BCUT2D eigenvalue weighted by molar-refractivity contribution is 7.45. The van der Waals surface area contributed by atoms with Crippen LogP contribution in [0.1, 0.15) is 367 Å². The van der Waals surface area contributed by atoms with Gasteiger partial charge in [0.05, 0.1) is 27.7 Å². The van der Waals surface area contributed by atoms with Gasteiger partial charge in [-0.15, -0.1) is 0 Å². The van der Waals surface area contributed by atoms with E-state index in [1.165, 1.54) is 238 Å². The van der Waals surface area contributed by atoms with Crippen LogP contribution in [0.4, 0.5) is 0 Å². The molecule has 0 aliphatic heterocycles. The lowest BCUT2D eigenvalue weighted by atomic mass is 10.0. The zero-order valence-electron chi connectivity index (χ0n) is 61.7. The summed E-state index contributed by atoms with van der Waals surface area (Å²) in [6.45, 7) is 4.16. The first-order valence-corrected chi connectivity index (χ1v) is 40.9. The Morgan fingerprint density at radius 3 is 0.914 bits per heavy atom. The molecular formula is C83H150NO8P. The van der Waals surface area contributed by atoms with Gasteiger partial charge >= 0.3 is 11.9 Å². The number of esters is 2. The third-order valence-corrected chi connectivity index (χ3v) is 18.3. The molecule has 0 bridgehead atoms. The number of quaternary nitrogens is 1. The number of nitrogens with zero attached hydrogens (tertiary/aromatic N) is 1. The highest BCUT2D eigenvalue weighted by Crippen LogP contribution is 2.38. The fraction of sp³-hybridized carbons (Fsp3) is 0.783. The number of ether oxygens (including phenoxy) is 2. The molecule has 2 atom stereocenters. The van der Waals surface area contributed by atoms with Crippen LogP contribution in [0.3, 0.4) is 0 Å². The molecule has 0 aromatic carbocycles. The van der Waals surface area contributed by atoms with E-state index in [9.17, 15) is 19.0 Å². The summed E-state index contributed by atoms with van der Waals surface area (Å²) in [4.78, 5) is 38.2. The Morgan fingerprint density at radius 1 is 0.344 bits per heavy atom. The molecule has 0 amide bonds. The van der Waals surface area contributed by atoms with E-state index in [2.05, 4.69) is 111 Å². The predicted octanol–water partition coefficient (Wildman–Crippen LogP) is 25.6. The second kappa shape index (κ2) is 73.2. The van der Waals surface area contributed by atoms with Gasteiger partial charge in [0.15, 0.2) is 6.10 Å². The van der Waals surface area contributed by atoms with Gasteiger partial charge in [0.1, 0.15) is 19.8 Å². The molecule has 0 spiro atoms. The van der Waals surface area contributed by atoms with Crippen molar-refractivity contribution in [2.45, 2.75) is 373 Å². The van der Waals surface area contributed by atoms with Crippen LogP contribution in [-0.4, -0.2) is 70.0 Å². The molecule has 0 aromatic rings. The molecule has 0 N–H and O–H groups in total. The van der Waals surface area contributed by atoms with Crippen molar-refractivity contribution in [3.63, 3.8) is 0 Å². The summed E-state index contributed by atoms with van der Waals surface area (Å²) in [5.74, 6) is -0.832. The van der Waals surface area contributed by atoms with E-state index < -0.39 is 26.5 Å². The van der Waals surface area contributed by atoms with Crippen LogP contribution < -0.4 is 4.89 Å². The quantitative estimate of drug-likeness (QED) is 0.0195. The predicted molar refractivity (Wildman–Crippen MR) is 402 cm³/mol. The van der Waals surface area contributed by atoms with Gasteiger partial charge in [0, 0.05) is 12.8 Å². The second-order valence-electron chi connectivity index (χ2n) is 27.7. The number of carbonyl (C=O) groups is 2. The average molecular weight is 1320 g/mol. The molecule has 2 unspecified atom stereocenters. The van der Waals surface area contributed by atoms with E-state index in [0.29, 0.717) is 17.4 Å². The molecule has 540 valence electrons. The van der Waals surface area contributed by atoms with Crippen LogP contribution in [0, 0.1) is 0 Å². The molecule has 0 aliphatic carbocycles. The van der Waals surface area contributed by atoms with Crippen molar-refractivity contribution in [1.29, 1.82) is 0 Å². The van der Waals surface area contributed by atoms with E-state index in [1.807, 2.05) is 21.1 Å². The second-order valence-corrected chi connectivity index (χ2v) is 29.1. The Labute approximate surface area is 576 Å². The monoisotopic (exact) mass is 1320 g/mol. The zero-order chi connectivity index (χ0) is 67.6. The van der Waals surface area contributed by atoms with Crippen molar-refractivity contribution in [1.82, 2.24) is 0 Å². The summed E-state index contributed by atoms with van der Waals surface area (Å²) in [5, 5.41) is 0. The molecule has 0 saturated carbocycles. The maximum Gasteiger partial charge on any atom is 0.306 e. The van der Waals surface area contributed by atoms with Crippen molar-refractivity contribution >= 4 is 19.8 Å². The zero-order valence-corrected chi connectivity index (χ0v) is 62.6. The standard InChI is InChI=1S/C83H150NO8P/c1-6-8-10-12-14-16-18-20-22-24-26-28-30-32-34-36-38-40-41-42-44-45-47-49-51-53-55-57-59-61-63-65-67-69-71-73-75-82(85)89-79-81(80-91-93(87,88)90-78-77-84(3,4)5)92-83(86)76-74-72-70-68-66-64-62-60-58-56-54-52-50-48-46-43-39-37-35-33-31-29-27-25-23-21-19-17-15-13-11-9-7-2/h9,11,15,17,21,23,27,29,33,35,39,43,48,50,54,56,81H,6-8,10,12-14,16,18-20,22,24-26,28,30-32,34,36-38,40-42,44-47,49,51-53,55,57-80H2,1-5H3/b11-9-,17-15-,23-21-,29-27-,35-33-,43-39-,50-48-,56-54-. The van der Waals surface area contributed by atoms with Gasteiger partial charge in [-0.2, -0.15) is 0 Å². The molecule has 0 heterocycles. The molecule has 0 saturated heterocycles. The lowest BCUT2D eigenvalue weighted by Gasteiger charge is -2.28. The van der Waals surface area contributed by atoms with Crippen LogP contribution in [-0.2, 0) is 32.7 Å². The molecule has 0 fully saturated rings. The van der Waals surface area contributed by atoms with Crippen LogP contribution in [0.15, 0.2) is 97.2 Å². The number of allylic oxidation sites excluding steroid dienone is 16. The minimum absolute atomic E-state index is 0.0351. The number of unbranched alkanes of at least 4 members (excludes halogenated alkanes) is 43. The van der Waals surface area contributed by atoms with E-state index in [1.54, 1.807) is 0 Å². The topological polar surface area (TPSA) is 111 Å². The summed E-state index contributed by atoms with van der Waals surface area (Å²) in [6, 6.07) is 0. The van der Waals surface area contributed by atoms with Crippen molar-refractivity contribution in [3.8, 4) is 0 Å². The Balaban J connectivity index is 3.99. The molecule has 9 nitrogen and oxygen atoms in total. The molecule has 0 rings (SSSR count). The number of carbonyl (C=O) groups excluding carboxylic acids is 2. The summed E-state index contributed by atoms with van der Waals surface area (Å²) < 4.78 is 34.4. The highest BCUT2D eigenvalue weighted by atomic mass is 31.2. The highest BCUT2D eigenvalue weighted by Gasteiger charge is 2.22. The number of rotatable bonds is 73. The normalized spacial score (nSPS) is 13.6. The van der Waals surface area contributed by atoms with Gasteiger partial charge in [-0.3, -0.25) is 14.2 Å². The minimum Gasteiger partial charge on any atom is -0.756 e. The average Bonchev–Trinajstić information content (AvgIpc) is 2.30. The minimum atomic E-state index is -4.65. The summed E-state index contributed by atoms with van der Waals surface area (Å²) in [6.07, 6.45) is 102. The van der Waals surface area contributed by atoms with E-state index in [4.69, 9.17) is 18.5 Å². The van der Waals surface area contributed by atoms with E-state index in [-0.39, 0.29) is 32.0 Å². The molecule has 0 aromatic heterocycles. The van der Waals surface area contributed by atoms with Crippen LogP contribution >= 0.6 is 7.82 Å². The lowest BCUT2D eigenvalue weighted by molar-refractivity contribution is -0.870. The number of phosphoric ester groups is 1. The molecule has 93 heavy (non-hydrogen) atoms. The third kappa shape index (κ3) is 77.8. The van der Waals surface area contributed by atoms with Gasteiger partial charge in [-0.05, 0) is 77.0 Å². The van der Waals surface area contributed by atoms with Gasteiger partial charge in [-0.1, -0.05) is 374 Å². The van der Waals surface area contributed by atoms with Crippen LogP contribution in [0.5, 0.6) is 0 Å². The van der Waals surface area contributed by atoms with Gasteiger partial charge in [-0.25, -0.2) is 0 Å². The Bertz CT molecular complexity index is 1890. The van der Waals surface area contributed by atoms with Gasteiger partial charge in [0.25, 0.3) is 7.82 Å². The molecule has 10 heteroatoms. The van der Waals surface area contributed by atoms with Crippen molar-refractivity contribution in [3.05, 3.63) is 97.2 Å².